The number of halogens is 3. The van der Waals surface area contributed by atoms with Crippen molar-refractivity contribution in [1.82, 2.24) is 10.1 Å². The first-order chi connectivity index (χ1) is 9.08. The lowest BCUT2D eigenvalue weighted by Crippen LogP contribution is -2.34. The number of aromatic nitrogens is 2. The van der Waals surface area contributed by atoms with E-state index < -0.39 is 5.54 Å². The van der Waals surface area contributed by atoms with Gasteiger partial charge in [0.05, 0.1) is 5.54 Å². The van der Waals surface area contributed by atoms with Gasteiger partial charge in [0.25, 0.3) is 5.89 Å². The molecule has 1 fully saturated rings. The van der Waals surface area contributed by atoms with Crippen LogP contribution in [-0.4, -0.2) is 10.1 Å². The second-order valence-electron chi connectivity index (χ2n) is 4.92. The summed E-state index contributed by atoms with van der Waals surface area (Å²) in [5, 5.41) is 3.96. The minimum Gasteiger partial charge on any atom is -0.334 e. The number of hydrogen-bond acceptors (Lipinski definition) is 4. The SMILES string of the molecule is Cl.NC1(c2noc(-c3ccc(I)c(F)c3)n2)CCCC1. The summed E-state index contributed by atoms with van der Waals surface area (Å²) in [6, 6.07) is 4.85. The summed E-state index contributed by atoms with van der Waals surface area (Å²) in [6.07, 6.45) is 3.90. The molecular formula is C13H14ClFIN3O. The fourth-order valence-corrected chi connectivity index (χ4v) is 2.74. The van der Waals surface area contributed by atoms with Gasteiger partial charge in [-0.1, -0.05) is 18.0 Å². The van der Waals surface area contributed by atoms with Gasteiger partial charge in [0.15, 0.2) is 5.82 Å². The standard InChI is InChI=1S/C13H13FIN3O.ClH/c14-9-7-8(3-4-10(9)15)11-17-12(18-19-11)13(16)5-1-2-6-13;/h3-4,7H,1-2,5-6,16H2;1H. The summed E-state index contributed by atoms with van der Waals surface area (Å²) in [5.41, 5.74) is 6.36. The molecule has 7 heteroatoms. The highest BCUT2D eigenvalue weighted by Gasteiger charge is 2.36. The van der Waals surface area contributed by atoms with Crippen molar-refractivity contribution in [1.29, 1.82) is 0 Å². The molecule has 1 aromatic carbocycles. The highest BCUT2D eigenvalue weighted by Crippen LogP contribution is 2.35. The van der Waals surface area contributed by atoms with Gasteiger partial charge in [-0.25, -0.2) is 4.39 Å². The second kappa shape index (κ2) is 5.95. The smallest absolute Gasteiger partial charge is 0.258 e. The maximum absolute atomic E-state index is 13.5. The van der Waals surface area contributed by atoms with Crippen LogP contribution in [-0.2, 0) is 5.54 Å². The van der Waals surface area contributed by atoms with Crippen LogP contribution in [0.5, 0.6) is 0 Å². The Bertz CT molecular complexity index is 613. The van der Waals surface area contributed by atoms with Crippen molar-refractivity contribution in [3.05, 3.63) is 33.4 Å². The van der Waals surface area contributed by atoms with E-state index in [2.05, 4.69) is 10.1 Å². The Balaban J connectivity index is 0.00000147. The average Bonchev–Trinajstić information content (AvgIpc) is 3.02. The Morgan fingerprint density at radius 1 is 1.30 bits per heavy atom. The molecule has 0 atom stereocenters. The van der Waals surface area contributed by atoms with Crippen LogP contribution in [0.4, 0.5) is 4.39 Å². The number of nitrogens with zero attached hydrogens (tertiary/aromatic N) is 2. The molecule has 1 aliphatic carbocycles. The molecule has 1 saturated carbocycles. The molecule has 2 N–H and O–H groups in total. The van der Waals surface area contributed by atoms with E-state index in [1.807, 2.05) is 22.6 Å². The van der Waals surface area contributed by atoms with Gasteiger partial charge in [-0.2, -0.15) is 4.98 Å². The third-order valence-corrected chi connectivity index (χ3v) is 4.41. The molecule has 1 aromatic heterocycles. The molecule has 0 unspecified atom stereocenters. The summed E-state index contributed by atoms with van der Waals surface area (Å²) in [6.45, 7) is 0. The Kier molecular flexibility index (Phi) is 4.66. The third kappa shape index (κ3) is 2.82. The van der Waals surface area contributed by atoms with Gasteiger partial charge in [-0.15, -0.1) is 12.4 Å². The minimum absolute atomic E-state index is 0. The predicted molar refractivity (Wildman–Crippen MR) is 84.0 cm³/mol. The highest BCUT2D eigenvalue weighted by molar-refractivity contribution is 14.1. The van der Waals surface area contributed by atoms with Crippen LogP contribution in [0.1, 0.15) is 31.5 Å². The van der Waals surface area contributed by atoms with Gasteiger partial charge in [-0.05, 0) is 53.6 Å². The van der Waals surface area contributed by atoms with Crippen LogP contribution in [0.3, 0.4) is 0 Å². The van der Waals surface area contributed by atoms with Crippen LogP contribution in [0.2, 0.25) is 0 Å². The molecular weight excluding hydrogens is 396 g/mol. The normalized spacial score (nSPS) is 16.9. The monoisotopic (exact) mass is 409 g/mol. The fourth-order valence-electron chi connectivity index (χ4n) is 2.40. The van der Waals surface area contributed by atoms with Gasteiger partial charge in [0.1, 0.15) is 5.82 Å². The molecule has 1 heterocycles. The van der Waals surface area contributed by atoms with E-state index in [-0.39, 0.29) is 18.2 Å². The van der Waals surface area contributed by atoms with Gasteiger partial charge in [0.2, 0.25) is 0 Å². The van der Waals surface area contributed by atoms with Crippen molar-refractivity contribution in [2.75, 3.05) is 0 Å². The first-order valence-electron chi connectivity index (χ1n) is 6.17. The van der Waals surface area contributed by atoms with Crippen molar-refractivity contribution in [2.24, 2.45) is 5.73 Å². The summed E-state index contributed by atoms with van der Waals surface area (Å²) in [4.78, 5) is 4.33. The molecule has 0 spiro atoms. The summed E-state index contributed by atoms with van der Waals surface area (Å²) in [5.74, 6) is 0.558. The maximum Gasteiger partial charge on any atom is 0.258 e. The van der Waals surface area contributed by atoms with Crippen molar-refractivity contribution in [3.63, 3.8) is 0 Å². The lowest BCUT2D eigenvalue weighted by atomic mass is 9.99. The molecule has 20 heavy (non-hydrogen) atoms. The average molecular weight is 410 g/mol. The van der Waals surface area contributed by atoms with Gasteiger partial charge in [0, 0.05) is 9.13 Å². The van der Waals surface area contributed by atoms with E-state index in [4.69, 9.17) is 10.3 Å². The zero-order valence-corrected chi connectivity index (χ0v) is 13.6. The van der Waals surface area contributed by atoms with Gasteiger partial charge >= 0.3 is 0 Å². The van der Waals surface area contributed by atoms with E-state index in [1.165, 1.54) is 6.07 Å². The van der Waals surface area contributed by atoms with E-state index >= 15 is 0 Å². The minimum atomic E-state index is -0.483. The molecule has 0 bridgehead atoms. The molecule has 0 radical (unpaired) electrons. The molecule has 2 aromatic rings. The highest BCUT2D eigenvalue weighted by atomic mass is 127. The van der Waals surface area contributed by atoms with Crippen molar-refractivity contribution < 1.29 is 8.91 Å². The number of nitrogens with two attached hydrogens (primary N) is 1. The zero-order chi connectivity index (χ0) is 13.5. The Hall–Kier alpha value is -0.730. The quantitative estimate of drug-likeness (QED) is 0.769. The van der Waals surface area contributed by atoms with Crippen molar-refractivity contribution in [2.45, 2.75) is 31.2 Å². The molecule has 108 valence electrons. The number of benzene rings is 1. The summed E-state index contributed by atoms with van der Waals surface area (Å²) in [7, 11) is 0. The molecule has 1 aliphatic rings. The molecule has 0 amide bonds. The van der Waals surface area contributed by atoms with E-state index in [1.54, 1.807) is 12.1 Å². The molecule has 4 nitrogen and oxygen atoms in total. The van der Waals surface area contributed by atoms with Crippen LogP contribution >= 0.6 is 35.0 Å². The van der Waals surface area contributed by atoms with E-state index in [9.17, 15) is 4.39 Å². The Morgan fingerprint density at radius 2 is 2.00 bits per heavy atom. The number of hydrogen-bond donors (Lipinski definition) is 1. The maximum atomic E-state index is 13.5. The third-order valence-electron chi connectivity index (χ3n) is 3.53. The predicted octanol–water partition coefficient (Wildman–Crippen LogP) is 3.63. The Morgan fingerprint density at radius 3 is 2.65 bits per heavy atom. The lowest BCUT2D eigenvalue weighted by Gasteiger charge is -2.17. The first kappa shape index (κ1) is 15.7. The van der Waals surface area contributed by atoms with Gasteiger partial charge in [-0.3, -0.25) is 0 Å². The van der Waals surface area contributed by atoms with Crippen molar-refractivity contribution >= 4 is 35.0 Å². The number of rotatable bonds is 2. The van der Waals surface area contributed by atoms with Crippen LogP contribution in [0, 0.1) is 9.39 Å². The Labute approximate surface area is 135 Å². The van der Waals surface area contributed by atoms with Gasteiger partial charge < -0.3 is 10.3 Å². The van der Waals surface area contributed by atoms with Crippen molar-refractivity contribution in [3.8, 4) is 11.5 Å². The first-order valence-corrected chi connectivity index (χ1v) is 7.25. The summed E-state index contributed by atoms with van der Waals surface area (Å²) >= 11 is 1.94. The second-order valence-corrected chi connectivity index (χ2v) is 6.08. The van der Waals surface area contributed by atoms with E-state index in [0.717, 1.165) is 25.7 Å². The lowest BCUT2D eigenvalue weighted by molar-refractivity contribution is 0.372. The zero-order valence-electron chi connectivity index (χ0n) is 10.6. The fraction of sp³-hybridized carbons (Fsp3) is 0.385. The van der Waals surface area contributed by atoms with E-state index in [0.29, 0.717) is 20.8 Å². The van der Waals surface area contributed by atoms with Crippen LogP contribution in [0.25, 0.3) is 11.5 Å². The van der Waals surface area contributed by atoms with Crippen LogP contribution < -0.4 is 5.73 Å². The molecule has 0 saturated heterocycles. The molecule has 3 rings (SSSR count). The molecule has 0 aliphatic heterocycles. The largest absolute Gasteiger partial charge is 0.334 e. The topological polar surface area (TPSA) is 64.9 Å². The summed E-state index contributed by atoms with van der Waals surface area (Å²) < 4.78 is 19.3. The van der Waals surface area contributed by atoms with Crippen LogP contribution in [0.15, 0.2) is 22.7 Å².